The van der Waals surface area contributed by atoms with Crippen molar-refractivity contribution in [1.82, 2.24) is 5.32 Å². The summed E-state index contributed by atoms with van der Waals surface area (Å²) in [6, 6.07) is 8.80. The van der Waals surface area contributed by atoms with E-state index in [1.807, 2.05) is 0 Å². The van der Waals surface area contributed by atoms with E-state index in [2.05, 4.69) is 71.1 Å². The van der Waals surface area contributed by atoms with Crippen molar-refractivity contribution in [3.05, 3.63) is 29.8 Å². The third-order valence-corrected chi connectivity index (χ3v) is 3.81. The van der Waals surface area contributed by atoms with Crippen molar-refractivity contribution in [2.24, 2.45) is 11.8 Å². The van der Waals surface area contributed by atoms with Crippen molar-refractivity contribution in [2.75, 3.05) is 6.54 Å². The Balaban J connectivity index is 3.05. The maximum atomic E-state index is 6.00. The number of nitrogens with one attached hydrogen (secondary N) is 1. The molecule has 0 fully saturated rings. The molecule has 0 aliphatic heterocycles. The minimum Gasteiger partial charge on any atom is -0.491 e. The largest absolute Gasteiger partial charge is 0.491 e. The minimum atomic E-state index is 0.206. The van der Waals surface area contributed by atoms with E-state index in [1.165, 1.54) is 5.56 Å². The minimum absolute atomic E-state index is 0.206. The lowest BCUT2D eigenvalue weighted by Gasteiger charge is -2.30. The van der Waals surface area contributed by atoms with Crippen molar-refractivity contribution in [2.45, 2.75) is 60.1 Å². The Morgan fingerprint density at radius 1 is 1.05 bits per heavy atom. The van der Waals surface area contributed by atoms with Crippen LogP contribution in [-0.4, -0.2) is 12.6 Å². The first kappa shape index (κ1) is 17.0. The fourth-order valence-electron chi connectivity index (χ4n) is 2.36. The van der Waals surface area contributed by atoms with Crippen LogP contribution >= 0.6 is 0 Å². The highest BCUT2D eigenvalue weighted by molar-refractivity contribution is 5.36. The fraction of sp³-hybridized carbons (Fsp3) is 0.667. The Morgan fingerprint density at radius 2 is 1.70 bits per heavy atom. The summed E-state index contributed by atoms with van der Waals surface area (Å²) in [6.45, 7) is 14.3. The Hall–Kier alpha value is -1.02. The molecule has 2 atom stereocenters. The first-order valence-corrected chi connectivity index (χ1v) is 7.96. The van der Waals surface area contributed by atoms with Gasteiger partial charge in [-0.2, -0.15) is 0 Å². The summed E-state index contributed by atoms with van der Waals surface area (Å²) in [5.74, 6) is 2.22. The molecule has 114 valence electrons. The summed E-state index contributed by atoms with van der Waals surface area (Å²) < 4.78 is 6.00. The van der Waals surface area contributed by atoms with E-state index in [9.17, 15) is 0 Å². The molecule has 2 nitrogen and oxygen atoms in total. The molecular weight excluding hydrogens is 246 g/mol. The van der Waals surface area contributed by atoms with E-state index in [4.69, 9.17) is 4.74 Å². The number of hydrogen-bond acceptors (Lipinski definition) is 2. The monoisotopic (exact) mass is 277 g/mol. The van der Waals surface area contributed by atoms with Crippen molar-refractivity contribution in [3.8, 4) is 5.75 Å². The standard InChI is InChI=1S/C18H31NO/c1-7-12-19-18(15(6)13(2)3)16-10-8-9-11-17(16)20-14(4)5/h8-11,13-15,18-19H,7,12H2,1-6H3. The van der Waals surface area contributed by atoms with Gasteiger partial charge >= 0.3 is 0 Å². The van der Waals surface area contributed by atoms with Gasteiger partial charge in [-0.15, -0.1) is 0 Å². The highest BCUT2D eigenvalue weighted by Gasteiger charge is 2.24. The van der Waals surface area contributed by atoms with E-state index >= 15 is 0 Å². The maximum absolute atomic E-state index is 6.00. The zero-order chi connectivity index (χ0) is 15.1. The molecule has 0 spiro atoms. The van der Waals surface area contributed by atoms with Crippen LogP contribution in [0.25, 0.3) is 0 Å². The van der Waals surface area contributed by atoms with Crippen LogP contribution in [0.5, 0.6) is 5.75 Å². The normalized spacial score (nSPS) is 14.6. The smallest absolute Gasteiger partial charge is 0.124 e. The molecule has 0 amide bonds. The lowest BCUT2D eigenvalue weighted by atomic mass is 9.85. The Bertz CT molecular complexity index is 387. The van der Waals surface area contributed by atoms with Crippen molar-refractivity contribution in [3.63, 3.8) is 0 Å². The van der Waals surface area contributed by atoms with Crippen molar-refractivity contribution < 1.29 is 4.74 Å². The van der Waals surface area contributed by atoms with Gasteiger partial charge in [0.1, 0.15) is 5.75 Å². The van der Waals surface area contributed by atoms with E-state index < -0.39 is 0 Å². The quantitative estimate of drug-likeness (QED) is 0.736. The molecule has 0 aliphatic carbocycles. The molecule has 1 N–H and O–H groups in total. The molecule has 0 aliphatic rings. The highest BCUT2D eigenvalue weighted by Crippen LogP contribution is 2.34. The summed E-state index contributed by atoms with van der Waals surface area (Å²) >= 11 is 0. The van der Waals surface area contributed by atoms with Crippen molar-refractivity contribution >= 4 is 0 Å². The highest BCUT2D eigenvalue weighted by atomic mass is 16.5. The zero-order valence-corrected chi connectivity index (χ0v) is 13.9. The fourth-order valence-corrected chi connectivity index (χ4v) is 2.36. The number of hydrogen-bond donors (Lipinski definition) is 1. The molecule has 1 aromatic rings. The number of benzene rings is 1. The Kier molecular flexibility index (Phi) is 7.08. The number of para-hydroxylation sites is 1. The topological polar surface area (TPSA) is 21.3 Å². The molecule has 0 radical (unpaired) electrons. The molecule has 1 rings (SSSR count). The predicted octanol–water partition coefficient (Wildman–Crippen LogP) is 4.81. The predicted molar refractivity (Wildman–Crippen MR) is 87.2 cm³/mol. The molecule has 0 heterocycles. The van der Waals surface area contributed by atoms with Gasteiger partial charge in [0.15, 0.2) is 0 Å². The van der Waals surface area contributed by atoms with Crippen LogP contribution in [0.3, 0.4) is 0 Å². The molecular formula is C18H31NO. The molecule has 1 aromatic carbocycles. The number of rotatable bonds is 8. The maximum Gasteiger partial charge on any atom is 0.124 e. The van der Waals surface area contributed by atoms with Crippen LogP contribution in [0.1, 0.15) is 59.6 Å². The molecule has 0 saturated carbocycles. The second-order valence-corrected chi connectivity index (χ2v) is 6.24. The van der Waals surface area contributed by atoms with Crippen molar-refractivity contribution in [1.29, 1.82) is 0 Å². The molecule has 2 unspecified atom stereocenters. The van der Waals surface area contributed by atoms with E-state index in [0.717, 1.165) is 18.7 Å². The zero-order valence-electron chi connectivity index (χ0n) is 13.9. The van der Waals surface area contributed by atoms with Gasteiger partial charge < -0.3 is 10.1 Å². The van der Waals surface area contributed by atoms with Gasteiger partial charge in [0.2, 0.25) is 0 Å². The van der Waals surface area contributed by atoms with E-state index in [-0.39, 0.29) is 6.10 Å². The van der Waals surface area contributed by atoms with Crippen LogP contribution in [0.15, 0.2) is 24.3 Å². The average Bonchev–Trinajstić information content (AvgIpc) is 2.39. The average molecular weight is 277 g/mol. The van der Waals surface area contributed by atoms with Gasteiger partial charge in [0, 0.05) is 11.6 Å². The molecule has 0 saturated heterocycles. The first-order chi connectivity index (χ1) is 9.47. The SMILES string of the molecule is CCCNC(c1ccccc1OC(C)C)C(C)C(C)C. The lowest BCUT2D eigenvalue weighted by Crippen LogP contribution is -2.30. The Morgan fingerprint density at radius 3 is 2.25 bits per heavy atom. The number of ether oxygens (including phenoxy) is 1. The summed E-state index contributed by atoms with van der Waals surface area (Å²) in [7, 11) is 0. The van der Waals surface area contributed by atoms with Gasteiger partial charge in [-0.3, -0.25) is 0 Å². The van der Waals surface area contributed by atoms with E-state index in [0.29, 0.717) is 17.9 Å². The summed E-state index contributed by atoms with van der Waals surface area (Å²) in [5, 5.41) is 3.70. The summed E-state index contributed by atoms with van der Waals surface area (Å²) in [4.78, 5) is 0. The van der Waals surface area contributed by atoms with E-state index in [1.54, 1.807) is 0 Å². The third kappa shape index (κ3) is 4.82. The summed E-state index contributed by atoms with van der Waals surface area (Å²) in [6.07, 6.45) is 1.35. The molecule has 0 aromatic heterocycles. The van der Waals surface area contributed by atoms with Crippen LogP contribution in [-0.2, 0) is 0 Å². The van der Waals surface area contributed by atoms with Gasteiger partial charge in [-0.1, -0.05) is 45.9 Å². The molecule has 0 bridgehead atoms. The van der Waals surface area contributed by atoms with Gasteiger partial charge in [-0.25, -0.2) is 0 Å². The van der Waals surface area contributed by atoms with Gasteiger partial charge in [-0.05, 0) is 44.7 Å². The summed E-state index contributed by atoms with van der Waals surface area (Å²) in [5.41, 5.74) is 1.29. The molecule has 20 heavy (non-hydrogen) atoms. The Labute approximate surface area is 124 Å². The second kappa shape index (κ2) is 8.31. The van der Waals surface area contributed by atoms with Crippen LogP contribution in [0.2, 0.25) is 0 Å². The van der Waals surface area contributed by atoms with Gasteiger partial charge in [0.25, 0.3) is 0 Å². The van der Waals surface area contributed by atoms with Gasteiger partial charge in [0.05, 0.1) is 6.10 Å². The second-order valence-electron chi connectivity index (χ2n) is 6.24. The van der Waals surface area contributed by atoms with Crippen LogP contribution in [0.4, 0.5) is 0 Å². The van der Waals surface area contributed by atoms with Crippen LogP contribution in [0, 0.1) is 11.8 Å². The lowest BCUT2D eigenvalue weighted by molar-refractivity contribution is 0.229. The first-order valence-electron chi connectivity index (χ1n) is 7.96. The molecule has 2 heteroatoms. The van der Waals surface area contributed by atoms with Crippen LogP contribution < -0.4 is 10.1 Å². The third-order valence-electron chi connectivity index (χ3n) is 3.81.